The molecule has 0 aliphatic carbocycles. The van der Waals surface area contributed by atoms with Crippen LogP contribution in [0.4, 0.5) is 0 Å². The predicted molar refractivity (Wildman–Crippen MR) is 62.0 cm³/mol. The molecule has 5 saturated heterocycles. The van der Waals surface area contributed by atoms with Gasteiger partial charge in [-0.15, -0.1) is 0 Å². The van der Waals surface area contributed by atoms with Crippen LogP contribution in [0.3, 0.4) is 0 Å². The van der Waals surface area contributed by atoms with Crippen molar-refractivity contribution >= 4 is 53.5 Å². The second kappa shape index (κ2) is 0.911. The molecule has 6 heteroatoms. The zero-order chi connectivity index (χ0) is 6.57. The van der Waals surface area contributed by atoms with Crippen molar-refractivity contribution in [2.75, 3.05) is 12.5 Å². The van der Waals surface area contributed by atoms with Crippen molar-refractivity contribution in [2.24, 2.45) is 0 Å². The van der Waals surface area contributed by atoms with Crippen molar-refractivity contribution in [2.45, 2.75) is 5.49 Å². The van der Waals surface area contributed by atoms with Crippen LogP contribution in [-0.4, -0.2) is 23.4 Å². The minimum absolute atomic E-state index is 0.0829. The van der Waals surface area contributed by atoms with Crippen LogP contribution in [0.1, 0.15) is 0 Å². The van der Waals surface area contributed by atoms with Gasteiger partial charge in [-0.3, -0.25) is 0 Å². The van der Waals surface area contributed by atoms with E-state index in [0.717, 1.165) is 5.49 Å². The first kappa shape index (κ1) is 5.53. The summed E-state index contributed by atoms with van der Waals surface area (Å²) >= 11 is 2.41. The minimum atomic E-state index is 0.0829. The molecular weight excluding hydrogens is 219 g/mol. The average Bonchev–Trinajstić information content (AvgIpc) is 2.50. The summed E-state index contributed by atoms with van der Waals surface area (Å²) in [4.78, 5) is 0. The van der Waals surface area contributed by atoms with Gasteiger partial charge in [0.15, 0.2) is 0 Å². The van der Waals surface area contributed by atoms with Crippen LogP contribution in [0.25, 0.3) is 0 Å². The van der Waals surface area contributed by atoms with Gasteiger partial charge in [0.1, 0.15) is 0 Å². The molecule has 56 valence electrons. The summed E-state index contributed by atoms with van der Waals surface area (Å²) in [5.41, 5.74) is 2.82. The van der Waals surface area contributed by atoms with E-state index in [1.165, 1.54) is 9.45 Å². The quantitative estimate of drug-likeness (QED) is 0.303. The van der Waals surface area contributed by atoms with E-state index in [-0.39, 0.29) is 16.5 Å². The molecule has 7 heterocycles. The third-order valence-corrected chi connectivity index (χ3v) is 43.0. The average molecular weight is 226 g/mol. The van der Waals surface area contributed by atoms with Gasteiger partial charge >= 0.3 is 71.5 Å². The van der Waals surface area contributed by atoms with Crippen molar-refractivity contribution in [3.8, 4) is 0 Å². The van der Waals surface area contributed by atoms with Crippen LogP contribution in [0, 0.1) is 0 Å². The van der Waals surface area contributed by atoms with E-state index in [2.05, 4.69) is 29.7 Å². The molecule has 0 aromatic heterocycles. The van der Waals surface area contributed by atoms with Crippen LogP contribution in [-0.2, 0) is 17.1 Å². The Balaban J connectivity index is 1.84. The maximum absolute atomic E-state index is 2.82. The topological polar surface area (TPSA) is 0 Å². The normalized spacial score (nSPS) is 93.7. The Morgan fingerprint density at radius 1 is 1.60 bits per heavy atom. The SMILES string of the molecule is CS(C)=BS12C34SC15S3=[SH]452. The molecule has 7 rings (SSSR count). The molecule has 2 bridgehead atoms. The zero-order valence-corrected chi connectivity index (χ0v) is 9.82. The predicted octanol–water partition coefficient (Wildman–Crippen LogP) is 1.21. The molecular formula is C4H7BS5. The van der Waals surface area contributed by atoms with E-state index < -0.39 is 0 Å². The fraction of sp³-hybridized carbons (Fsp3) is 1.00. The summed E-state index contributed by atoms with van der Waals surface area (Å²) < 4.78 is 2.33. The number of rotatable bonds is 1. The Bertz CT molecular complexity index is 421. The molecule has 0 aromatic carbocycles. The van der Waals surface area contributed by atoms with Gasteiger partial charge < -0.3 is 0 Å². The number of thiol groups is 1. The van der Waals surface area contributed by atoms with E-state index in [9.17, 15) is 0 Å². The van der Waals surface area contributed by atoms with Gasteiger partial charge in [0.2, 0.25) is 0 Å². The fourth-order valence-electron chi connectivity index (χ4n) is 2.71. The fourth-order valence-corrected chi connectivity index (χ4v) is 70.1. The Morgan fingerprint density at radius 3 is 2.30 bits per heavy atom. The van der Waals surface area contributed by atoms with Crippen molar-refractivity contribution in [3.63, 3.8) is 0 Å². The van der Waals surface area contributed by atoms with Crippen LogP contribution < -0.4 is 0 Å². The summed E-state index contributed by atoms with van der Waals surface area (Å²) in [6.45, 7) is 0. The number of hydrogen-bond acceptors (Lipinski definition) is 1. The molecule has 10 heavy (non-hydrogen) atoms. The summed E-state index contributed by atoms with van der Waals surface area (Å²) in [7, 11) is 2.14. The third kappa shape index (κ3) is 0.166. The van der Waals surface area contributed by atoms with Gasteiger partial charge in [0.05, 0.1) is 0 Å². The van der Waals surface area contributed by atoms with Crippen molar-refractivity contribution in [3.05, 3.63) is 0 Å². The summed E-state index contributed by atoms with van der Waals surface area (Å²) in [6, 6.07) is 0. The monoisotopic (exact) mass is 226 g/mol. The van der Waals surface area contributed by atoms with Gasteiger partial charge in [-0.2, -0.15) is 0 Å². The van der Waals surface area contributed by atoms with E-state index in [0.29, 0.717) is 10.3 Å². The molecule has 5 fully saturated rings. The van der Waals surface area contributed by atoms with Crippen molar-refractivity contribution < 1.29 is 0 Å². The van der Waals surface area contributed by atoms with Gasteiger partial charge in [0, 0.05) is 0 Å². The van der Waals surface area contributed by atoms with Crippen LogP contribution >= 0.6 is 31.0 Å². The molecule has 0 amide bonds. The second-order valence-corrected chi connectivity index (χ2v) is 24.4. The molecule has 0 N–H and O–H groups in total. The van der Waals surface area contributed by atoms with E-state index in [1.807, 2.05) is 0 Å². The molecule has 7 aliphatic rings. The van der Waals surface area contributed by atoms with Gasteiger partial charge in [0.25, 0.3) is 0 Å². The first-order valence-corrected chi connectivity index (χ1v) is 12.2. The molecule has 2 unspecified atom stereocenters. The van der Waals surface area contributed by atoms with Gasteiger partial charge in [-0.05, 0) is 0 Å². The van der Waals surface area contributed by atoms with Crippen LogP contribution in [0.15, 0.2) is 0 Å². The van der Waals surface area contributed by atoms with E-state index in [4.69, 9.17) is 0 Å². The summed E-state index contributed by atoms with van der Waals surface area (Å²) in [5, 5.41) is 0. The first-order chi connectivity index (χ1) is 4.74. The molecule has 7 aliphatic heterocycles. The van der Waals surface area contributed by atoms with Crippen molar-refractivity contribution in [1.82, 2.24) is 0 Å². The Morgan fingerprint density at radius 2 is 2.20 bits per heavy atom. The summed E-state index contributed by atoms with van der Waals surface area (Å²) in [5.74, 6) is 0. The first-order valence-electron chi connectivity index (χ1n) is 3.33. The van der Waals surface area contributed by atoms with Crippen molar-refractivity contribution in [1.29, 1.82) is 0 Å². The molecule has 0 aromatic rings. The van der Waals surface area contributed by atoms with E-state index in [1.54, 1.807) is 0 Å². The van der Waals surface area contributed by atoms with Gasteiger partial charge in [-0.25, -0.2) is 0 Å². The van der Waals surface area contributed by atoms with E-state index >= 15 is 0 Å². The Labute approximate surface area is 71.0 Å². The molecule has 0 saturated carbocycles. The summed E-state index contributed by atoms with van der Waals surface area (Å²) in [6.07, 6.45) is 4.79. The third-order valence-electron chi connectivity index (χ3n) is 3.12. The van der Waals surface area contributed by atoms with Crippen LogP contribution in [0.5, 0.6) is 0 Å². The Hall–Kier alpha value is 1.81. The molecule has 0 nitrogen and oxygen atoms in total. The molecule has 2 atom stereocenters. The number of hydrogen-bond donors (Lipinski definition) is 1. The number of thioether (sulfide) groups is 1. The standard InChI is InChI=1S/C4H7BS5/c1-7(2)5-9-3-6-4(9)8(3)10(3,4)9/h10H,1-2H3. The zero-order valence-electron chi connectivity index (χ0n) is 5.66. The molecule has 0 radical (unpaired) electrons. The second-order valence-electron chi connectivity index (χ2n) is 3.59. The van der Waals surface area contributed by atoms with Gasteiger partial charge in [-0.1, -0.05) is 0 Å². The molecule has 3 spiro atoms. The maximum atomic E-state index is 2.82. The Kier molecular flexibility index (Phi) is 0.503. The van der Waals surface area contributed by atoms with Crippen LogP contribution in [0.2, 0.25) is 0 Å².